The molecule has 1 aliphatic heterocycles. The highest BCUT2D eigenvalue weighted by molar-refractivity contribution is 5.87. The van der Waals surface area contributed by atoms with E-state index in [1.54, 1.807) is 18.2 Å². The molecule has 6 nitrogen and oxygen atoms in total. The first kappa shape index (κ1) is 24.6. The SMILES string of the molecule is COc1ccc(-c2c(C(F)(F)F)oc3c4c(ccc3c2=O)OCN(Cc2ccc(F)cc2)C4)cc1OC. The molecule has 0 atom stereocenters. The van der Waals surface area contributed by atoms with E-state index in [0.29, 0.717) is 23.6 Å². The molecule has 3 aromatic carbocycles. The fraction of sp³-hybridized carbons (Fsp3) is 0.222. The largest absolute Gasteiger partial charge is 0.493 e. The van der Waals surface area contributed by atoms with Crippen molar-refractivity contribution in [2.24, 2.45) is 0 Å². The zero-order valence-corrected chi connectivity index (χ0v) is 19.8. The molecule has 4 aromatic rings. The molecule has 1 aliphatic rings. The molecule has 0 aliphatic carbocycles. The zero-order chi connectivity index (χ0) is 26.3. The van der Waals surface area contributed by atoms with E-state index in [-0.39, 0.29) is 41.4 Å². The van der Waals surface area contributed by atoms with E-state index in [0.717, 1.165) is 5.56 Å². The lowest BCUT2D eigenvalue weighted by molar-refractivity contribution is -0.152. The highest BCUT2D eigenvalue weighted by Gasteiger charge is 2.40. The number of hydrogen-bond acceptors (Lipinski definition) is 6. The van der Waals surface area contributed by atoms with Gasteiger partial charge in [0, 0.05) is 13.1 Å². The first-order chi connectivity index (χ1) is 17.7. The van der Waals surface area contributed by atoms with Crippen LogP contribution >= 0.6 is 0 Å². The highest BCUT2D eigenvalue weighted by atomic mass is 19.4. The molecule has 0 saturated heterocycles. The lowest BCUT2D eigenvalue weighted by Gasteiger charge is -2.29. The van der Waals surface area contributed by atoms with Crippen LogP contribution in [0.4, 0.5) is 17.6 Å². The van der Waals surface area contributed by atoms with Gasteiger partial charge in [0.05, 0.1) is 30.7 Å². The van der Waals surface area contributed by atoms with E-state index < -0.39 is 22.9 Å². The molecule has 5 rings (SSSR count). The van der Waals surface area contributed by atoms with Gasteiger partial charge in [0.15, 0.2) is 11.5 Å². The minimum atomic E-state index is -4.96. The highest BCUT2D eigenvalue weighted by Crippen LogP contribution is 2.42. The molecule has 0 N–H and O–H groups in total. The van der Waals surface area contributed by atoms with Gasteiger partial charge in [0.1, 0.15) is 23.9 Å². The summed E-state index contributed by atoms with van der Waals surface area (Å²) in [6.07, 6.45) is -4.96. The van der Waals surface area contributed by atoms with Crippen LogP contribution in [-0.2, 0) is 19.3 Å². The van der Waals surface area contributed by atoms with Gasteiger partial charge < -0.3 is 18.6 Å². The van der Waals surface area contributed by atoms with Gasteiger partial charge in [-0.05, 0) is 47.5 Å². The van der Waals surface area contributed by atoms with Crippen molar-refractivity contribution in [3.8, 4) is 28.4 Å². The van der Waals surface area contributed by atoms with Crippen molar-refractivity contribution < 1.29 is 36.2 Å². The number of rotatable bonds is 5. The summed E-state index contributed by atoms with van der Waals surface area (Å²) in [5.41, 5.74) is -0.551. The monoisotopic (exact) mass is 515 g/mol. The Morgan fingerprint density at radius 3 is 2.38 bits per heavy atom. The normalized spacial score (nSPS) is 13.8. The number of methoxy groups -OCH3 is 2. The van der Waals surface area contributed by atoms with Gasteiger partial charge in [-0.25, -0.2) is 4.39 Å². The lowest BCUT2D eigenvalue weighted by atomic mass is 9.99. The van der Waals surface area contributed by atoms with Crippen LogP contribution < -0.4 is 19.6 Å². The van der Waals surface area contributed by atoms with Crippen LogP contribution in [0.25, 0.3) is 22.1 Å². The molecular weight excluding hydrogens is 494 g/mol. The molecule has 0 bridgehead atoms. The average Bonchev–Trinajstić information content (AvgIpc) is 2.88. The minimum absolute atomic E-state index is 0.0104. The number of halogens is 4. The molecule has 0 spiro atoms. The summed E-state index contributed by atoms with van der Waals surface area (Å²) >= 11 is 0. The predicted molar refractivity (Wildman–Crippen MR) is 127 cm³/mol. The third-order valence-electron chi connectivity index (χ3n) is 6.15. The molecule has 0 radical (unpaired) electrons. The molecule has 10 heteroatoms. The van der Waals surface area contributed by atoms with E-state index in [9.17, 15) is 22.4 Å². The molecule has 0 fully saturated rings. The number of nitrogens with zero attached hydrogens (tertiary/aromatic N) is 1. The summed E-state index contributed by atoms with van der Waals surface area (Å²) in [4.78, 5) is 15.3. The van der Waals surface area contributed by atoms with Crippen molar-refractivity contribution in [3.63, 3.8) is 0 Å². The fourth-order valence-electron chi connectivity index (χ4n) is 4.41. The zero-order valence-electron chi connectivity index (χ0n) is 19.8. The van der Waals surface area contributed by atoms with E-state index in [1.165, 1.54) is 50.6 Å². The molecule has 0 unspecified atom stereocenters. The van der Waals surface area contributed by atoms with Crippen LogP contribution in [0.15, 0.2) is 63.8 Å². The summed E-state index contributed by atoms with van der Waals surface area (Å²) in [5.74, 6) is -0.985. The third kappa shape index (κ3) is 4.60. The van der Waals surface area contributed by atoms with E-state index >= 15 is 0 Å². The molecule has 0 saturated carbocycles. The number of benzene rings is 3. The molecule has 37 heavy (non-hydrogen) atoms. The van der Waals surface area contributed by atoms with Gasteiger partial charge in [-0.15, -0.1) is 0 Å². The maximum Gasteiger partial charge on any atom is 0.450 e. The van der Waals surface area contributed by atoms with Crippen molar-refractivity contribution in [1.29, 1.82) is 0 Å². The maximum absolute atomic E-state index is 14.2. The van der Waals surface area contributed by atoms with Crippen molar-refractivity contribution in [2.75, 3.05) is 21.0 Å². The van der Waals surface area contributed by atoms with Gasteiger partial charge in [0.2, 0.25) is 11.2 Å². The van der Waals surface area contributed by atoms with Gasteiger partial charge in [0.25, 0.3) is 0 Å². The Kier molecular flexibility index (Phi) is 6.28. The smallest absolute Gasteiger partial charge is 0.450 e. The van der Waals surface area contributed by atoms with E-state index in [4.69, 9.17) is 18.6 Å². The predicted octanol–water partition coefficient (Wildman–Crippen LogP) is 5.99. The van der Waals surface area contributed by atoms with Crippen LogP contribution in [0.1, 0.15) is 16.9 Å². The summed E-state index contributed by atoms with van der Waals surface area (Å²) in [6.45, 7) is 0.687. The van der Waals surface area contributed by atoms with Crippen LogP contribution in [0, 0.1) is 5.82 Å². The average molecular weight is 515 g/mol. The van der Waals surface area contributed by atoms with Crippen LogP contribution in [0.2, 0.25) is 0 Å². The summed E-state index contributed by atoms with van der Waals surface area (Å²) in [5, 5.41) is -0.0104. The van der Waals surface area contributed by atoms with Gasteiger partial charge in [-0.2, -0.15) is 13.2 Å². The molecule has 0 amide bonds. The number of ether oxygens (including phenoxy) is 3. The second-order valence-electron chi connectivity index (χ2n) is 8.51. The van der Waals surface area contributed by atoms with Crippen LogP contribution in [0.3, 0.4) is 0 Å². The molecular formula is C27H21F4NO5. The van der Waals surface area contributed by atoms with Crippen LogP contribution in [-0.4, -0.2) is 25.9 Å². The first-order valence-electron chi connectivity index (χ1n) is 11.2. The first-order valence-corrected chi connectivity index (χ1v) is 11.2. The topological polar surface area (TPSA) is 61.1 Å². The van der Waals surface area contributed by atoms with Crippen molar-refractivity contribution in [3.05, 3.63) is 87.5 Å². The Morgan fingerprint density at radius 1 is 0.973 bits per heavy atom. The third-order valence-corrected chi connectivity index (χ3v) is 6.15. The number of hydrogen-bond donors (Lipinski definition) is 0. The van der Waals surface area contributed by atoms with Gasteiger partial charge in [-0.1, -0.05) is 18.2 Å². The quantitative estimate of drug-likeness (QED) is 0.305. The number of alkyl halides is 3. The summed E-state index contributed by atoms with van der Waals surface area (Å²) in [7, 11) is 2.74. The van der Waals surface area contributed by atoms with Crippen molar-refractivity contribution >= 4 is 11.0 Å². The minimum Gasteiger partial charge on any atom is -0.493 e. The Morgan fingerprint density at radius 2 is 1.70 bits per heavy atom. The van der Waals surface area contributed by atoms with Crippen molar-refractivity contribution in [1.82, 2.24) is 4.90 Å². The van der Waals surface area contributed by atoms with Gasteiger partial charge >= 0.3 is 6.18 Å². The molecule has 192 valence electrons. The van der Waals surface area contributed by atoms with Crippen LogP contribution in [0.5, 0.6) is 17.2 Å². The maximum atomic E-state index is 14.2. The van der Waals surface area contributed by atoms with E-state index in [2.05, 4.69) is 0 Å². The van der Waals surface area contributed by atoms with Crippen molar-refractivity contribution in [2.45, 2.75) is 19.3 Å². The molecule has 1 aromatic heterocycles. The summed E-state index contributed by atoms with van der Waals surface area (Å²) in [6, 6.07) is 12.9. The lowest BCUT2D eigenvalue weighted by Crippen LogP contribution is -2.32. The Labute approximate surface area is 208 Å². The Bertz CT molecular complexity index is 1530. The Hall–Kier alpha value is -4.05. The van der Waals surface area contributed by atoms with E-state index in [1.807, 2.05) is 4.90 Å². The Balaban J connectivity index is 1.64. The summed E-state index contributed by atoms with van der Waals surface area (Å²) < 4.78 is 77.6. The van der Waals surface area contributed by atoms with Gasteiger partial charge in [-0.3, -0.25) is 9.69 Å². The second-order valence-corrected chi connectivity index (χ2v) is 8.51. The standard InChI is InChI=1S/C27H21F4NO5/c1-34-21-9-5-16(11-22(21)35-2)23-24(33)18-8-10-20-19(25(18)37-26(23)27(29,30)31)13-32(14-36-20)12-15-3-6-17(28)7-4-15/h3-11H,12-14H2,1-2H3. The second kappa shape index (κ2) is 9.44. The number of fused-ring (bicyclic) bond motifs is 3. The fourth-order valence-corrected chi connectivity index (χ4v) is 4.41. The molecule has 2 heterocycles.